The number of amides is 2. The summed E-state index contributed by atoms with van der Waals surface area (Å²) in [6.07, 6.45) is 5.96. The van der Waals surface area contributed by atoms with Crippen LogP contribution in [0.25, 0.3) is 0 Å². The van der Waals surface area contributed by atoms with E-state index in [1.165, 1.54) is 0 Å². The van der Waals surface area contributed by atoms with Gasteiger partial charge in [0, 0.05) is 23.5 Å². The maximum atomic E-state index is 10.7. The highest BCUT2D eigenvalue weighted by atomic mass is 16.2. The molecule has 0 saturated heterocycles. The molecule has 5 heteroatoms. The molecule has 0 radical (unpaired) electrons. The van der Waals surface area contributed by atoms with E-state index in [2.05, 4.69) is 15.5 Å². The normalized spacial score (nSPS) is 22.4. The van der Waals surface area contributed by atoms with Gasteiger partial charge in [-0.3, -0.25) is 4.98 Å². The molecule has 0 bridgehead atoms. The first-order chi connectivity index (χ1) is 8.27. The summed E-state index contributed by atoms with van der Waals surface area (Å²) in [7, 11) is 0. The minimum absolute atomic E-state index is 0.205. The van der Waals surface area contributed by atoms with Crippen LogP contribution in [0, 0.1) is 0 Å². The van der Waals surface area contributed by atoms with Crippen LogP contribution in [0.15, 0.2) is 29.5 Å². The van der Waals surface area contributed by atoms with Gasteiger partial charge in [-0.25, -0.2) is 10.2 Å². The van der Waals surface area contributed by atoms with Crippen LogP contribution in [0.4, 0.5) is 4.79 Å². The van der Waals surface area contributed by atoms with Crippen molar-refractivity contribution in [1.29, 1.82) is 0 Å². The fraction of sp³-hybridized carbons (Fsp3) is 0.417. The molecule has 90 valence electrons. The first kappa shape index (κ1) is 11.6. The van der Waals surface area contributed by atoms with E-state index in [-0.39, 0.29) is 5.92 Å². The summed E-state index contributed by atoms with van der Waals surface area (Å²) >= 11 is 0. The van der Waals surface area contributed by atoms with Gasteiger partial charge in [-0.15, -0.1) is 0 Å². The molecule has 1 aliphatic rings. The van der Waals surface area contributed by atoms with Crippen molar-refractivity contribution in [3.05, 3.63) is 30.1 Å². The minimum atomic E-state index is -0.622. The number of pyridine rings is 1. The summed E-state index contributed by atoms with van der Waals surface area (Å²) in [5, 5.41) is 4.09. The van der Waals surface area contributed by atoms with Crippen LogP contribution in [-0.2, 0) is 0 Å². The Morgan fingerprint density at radius 3 is 3.06 bits per heavy atom. The number of hydrogen-bond acceptors (Lipinski definition) is 3. The first-order valence-electron chi connectivity index (χ1n) is 5.80. The first-order valence-corrected chi connectivity index (χ1v) is 5.80. The fourth-order valence-electron chi connectivity index (χ4n) is 2.16. The van der Waals surface area contributed by atoms with Crippen molar-refractivity contribution in [3.63, 3.8) is 0 Å². The van der Waals surface area contributed by atoms with Gasteiger partial charge >= 0.3 is 6.03 Å². The third-order valence-electron chi connectivity index (χ3n) is 2.93. The largest absolute Gasteiger partial charge is 0.350 e. The van der Waals surface area contributed by atoms with Crippen LogP contribution < -0.4 is 11.2 Å². The number of primary amides is 1. The molecule has 1 fully saturated rings. The quantitative estimate of drug-likeness (QED) is 0.762. The van der Waals surface area contributed by atoms with Gasteiger partial charge in [-0.1, -0.05) is 12.5 Å². The number of urea groups is 1. The summed E-state index contributed by atoms with van der Waals surface area (Å²) < 4.78 is 0. The van der Waals surface area contributed by atoms with E-state index in [1.807, 2.05) is 18.2 Å². The molecular weight excluding hydrogens is 216 g/mol. The van der Waals surface area contributed by atoms with Crippen molar-refractivity contribution in [2.75, 3.05) is 0 Å². The Morgan fingerprint density at radius 2 is 2.35 bits per heavy atom. The standard InChI is InChI=1S/C12H16N4O/c13-12(17)16-15-11-7-2-1-5-9(11)10-6-3-4-8-14-10/h3-4,6,8-9H,1-2,5,7H2,(H3,13,16,17)/t9-/m0/s1. The molecule has 2 rings (SSSR count). The molecule has 0 aromatic carbocycles. The molecule has 0 unspecified atom stereocenters. The molecule has 17 heavy (non-hydrogen) atoms. The second kappa shape index (κ2) is 5.43. The van der Waals surface area contributed by atoms with E-state index in [0.29, 0.717) is 0 Å². The zero-order chi connectivity index (χ0) is 12.1. The van der Waals surface area contributed by atoms with E-state index in [1.54, 1.807) is 6.20 Å². The van der Waals surface area contributed by atoms with Gasteiger partial charge in [0.25, 0.3) is 0 Å². The Labute approximate surface area is 100 Å². The Morgan fingerprint density at radius 1 is 1.47 bits per heavy atom. The Hall–Kier alpha value is -1.91. The lowest BCUT2D eigenvalue weighted by atomic mass is 9.85. The highest BCUT2D eigenvalue weighted by Crippen LogP contribution is 2.29. The van der Waals surface area contributed by atoms with E-state index >= 15 is 0 Å². The van der Waals surface area contributed by atoms with Gasteiger partial charge in [-0.2, -0.15) is 5.10 Å². The monoisotopic (exact) mass is 232 g/mol. The molecule has 1 atom stereocenters. The predicted molar refractivity (Wildman–Crippen MR) is 65.6 cm³/mol. The van der Waals surface area contributed by atoms with Crippen LogP contribution in [-0.4, -0.2) is 16.7 Å². The van der Waals surface area contributed by atoms with Crippen LogP contribution in [0.1, 0.15) is 37.3 Å². The second-order valence-corrected chi connectivity index (χ2v) is 4.13. The Bertz CT molecular complexity index is 416. The topological polar surface area (TPSA) is 80.4 Å². The lowest BCUT2D eigenvalue weighted by Crippen LogP contribution is -2.28. The van der Waals surface area contributed by atoms with Crippen molar-refractivity contribution in [3.8, 4) is 0 Å². The number of nitrogens with one attached hydrogen (secondary N) is 1. The third-order valence-corrected chi connectivity index (χ3v) is 2.93. The number of aromatic nitrogens is 1. The molecule has 3 N–H and O–H groups in total. The lowest BCUT2D eigenvalue weighted by molar-refractivity contribution is 0.249. The number of nitrogens with two attached hydrogens (primary N) is 1. The molecule has 0 aliphatic heterocycles. The lowest BCUT2D eigenvalue weighted by Gasteiger charge is -2.23. The molecule has 1 aromatic rings. The predicted octanol–water partition coefficient (Wildman–Crippen LogP) is 1.76. The van der Waals surface area contributed by atoms with Gasteiger partial charge < -0.3 is 5.73 Å². The Kier molecular flexibility index (Phi) is 3.69. The summed E-state index contributed by atoms with van der Waals surface area (Å²) in [5.74, 6) is 0.205. The van der Waals surface area contributed by atoms with E-state index in [4.69, 9.17) is 5.73 Å². The maximum absolute atomic E-state index is 10.7. The summed E-state index contributed by atoms with van der Waals surface area (Å²) in [6.45, 7) is 0. The van der Waals surface area contributed by atoms with Gasteiger partial charge in [0.1, 0.15) is 0 Å². The fourth-order valence-corrected chi connectivity index (χ4v) is 2.16. The van der Waals surface area contributed by atoms with Crippen molar-refractivity contribution >= 4 is 11.7 Å². The number of hydrazone groups is 1. The van der Waals surface area contributed by atoms with E-state index < -0.39 is 6.03 Å². The van der Waals surface area contributed by atoms with Gasteiger partial charge in [-0.05, 0) is 31.4 Å². The molecule has 2 amide bonds. The number of rotatable bonds is 2. The molecule has 1 heterocycles. The average molecular weight is 232 g/mol. The zero-order valence-corrected chi connectivity index (χ0v) is 9.60. The summed E-state index contributed by atoms with van der Waals surface area (Å²) in [5.41, 5.74) is 9.31. The molecule has 1 aromatic heterocycles. The molecular formula is C12H16N4O. The summed E-state index contributed by atoms with van der Waals surface area (Å²) in [4.78, 5) is 15.0. The highest BCUT2D eigenvalue weighted by Gasteiger charge is 2.23. The highest BCUT2D eigenvalue weighted by molar-refractivity contribution is 5.92. The zero-order valence-electron chi connectivity index (χ0n) is 9.60. The smallest absolute Gasteiger partial charge is 0.332 e. The SMILES string of the molecule is NC(=O)NN=C1CCCC[C@H]1c1ccccn1. The van der Waals surface area contributed by atoms with Crippen LogP contribution in [0.3, 0.4) is 0 Å². The number of hydrogen-bond donors (Lipinski definition) is 2. The van der Waals surface area contributed by atoms with Gasteiger partial charge in [0.2, 0.25) is 0 Å². The second-order valence-electron chi connectivity index (χ2n) is 4.13. The number of nitrogens with zero attached hydrogens (tertiary/aromatic N) is 2. The molecule has 1 aliphatic carbocycles. The van der Waals surface area contributed by atoms with E-state index in [9.17, 15) is 4.79 Å². The number of carbonyl (C=O) groups is 1. The van der Waals surface area contributed by atoms with Crippen molar-refractivity contribution in [1.82, 2.24) is 10.4 Å². The van der Waals surface area contributed by atoms with Crippen LogP contribution >= 0.6 is 0 Å². The number of carbonyl (C=O) groups excluding carboxylic acids is 1. The van der Waals surface area contributed by atoms with E-state index in [0.717, 1.165) is 37.1 Å². The van der Waals surface area contributed by atoms with Crippen LogP contribution in [0.2, 0.25) is 0 Å². The van der Waals surface area contributed by atoms with Crippen molar-refractivity contribution in [2.24, 2.45) is 10.8 Å². The Balaban J connectivity index is 2.18. The minimum Gasteiger partial charge on any atom is -0.350 e. The average Bonchev–Trinajstić information content (AvgIpc) is 2.38. The molecule has 5 nitrogen and oxygen atoms in total. The molecule has 0 spiro atoms. The van der Waals surface area contributed by atoms with Crippen molar-refractivity contribution in [2.45, 2.75) is 31.6 Å². The summed E-state index contributed by atoms with van der Waals surface area (Å²) in [6, 6.07) is 5.24. The maximum Gasteiger partial charge on any atom is 0.332 e. The van der Waals surface area contributed by atoms with Crippen LogP contribution in [0.5, 0.6) is 0 Å². The van der Waals surface area contributed by atoms with Gasteiger partial charge in [0.15, 0.2) is 0 Å². The third kappa shape index (κ3) is 3.03. The van der Waals surface area contributed by atoms with Crippen molar-refractivity contribution < 1.29 is 4.79 Å². The molecule has 1 saturated carbocycles. The van der Waals surface area contributed by atoms with Gasteiger partial charge in [0.05, 0.1) is 0 Å².